The fraction of sp³-hybridized carbons (Fsp3) is 0.333. The minimum atomic E-state index is 0.703. The van der Waals surface area contributed by atoms with Gasteiger partial charge in [-0.1, -0.05) is 133 Å². The fourth-order valence-corrected chi connectivity index (χ4v) is 18.1. The van der Waals surface area contributed by atoms with Gasteiger partial charge in [0.2, 0.25) is 23.8 Å². The molecule has 28 heteroatoms. The van der Waals surface area contributed by atoms with Crippen molar-refractivity contribution in [2.45, 2.75) is 65.2 Å². The molecule has 668 valence electrons. The minimum Gasteiger partial charge on any atom is -0.384 e. The molecule has 4 aliphatic rings. The number of para-hydroxylation sites is 4. The van der Waals surface area contributed by atoms with Crippen LogP contribution in [-0.2, 0) is 25.7 Å². The van der Waals surface area contributed by atoms with E-state index in [2.05, 4.69) is 205 Å². The summed E-state index contributed by atoms with van der Waals surface area (Å²) in [6, 6.07) is 64.8. The molecule has 0 unspecified atom stereocenters. The first-order valence-electron chi connectivity index (χ1n) is 45.7. The highest BCUT2D eigenvalue weighted by Crippen LogP contribution is 2.33. The monoisotopic (exact) mass is 1810 g/mol. The molecular formula is C102H112Cl4N24. The van der Waals surface area contributed by atoms with E-state index in [0.29, 0.717) is 20.1 Å². The third-order valence-corrected chi connectivity index (χ3v) is 25.8. The summed E-state index contributed by atoms with van der Waals surface area (Å²) < 4.78 is 0. The van der Waals surface area contributed by atoms with Gasteiger partial charge in [0.1, 0.15) is 0 Å². The van der Waals surface area contributed by atoms with E-state index >= 15 is 0 Å². The molecule has 0 radical (unpaired) electrons. The Labute approximate surface area is 780 Å². The lowest BCUT2D eigenvalue weighted by atomic mass is 10.1. The van der Waals surface area contributed by atoms with Crippen molar-refractivity contribution >= 4 is 180 Å². The Bertz CT molecular complexity index is 6150. The van der Waals surface area contributed by atoms with E-state index in [0.717, 1.165) is 352 Å². The Morgan fingerprint density at radius 2 is 0.485 bits per heavy atom. The van der Waals surface area contributed by atoms with Crippen LogP contribution in [0.5, 0.6) is 0 Å². The number of hydrogen-bond donors (Lipinski definition) is 4. The smallest absolute Gasteiger partial charge is 0.226 e. The maximum absolute atomic E-state index is 6.12. The van der Waals surface area contributed by atoms with Crippen LogP contribution in [0.15, 0.2) is 219 Å². The Morgan fingerprint density at radius 3 is 0.723 bits per heavy atom. The van der Waals surface area contributed by atoms with Crippen molar-refractivity contribution in [2.24, 2.45) is 0 Å². The topological polar surface area (TPSA) is 229 Å². The SMILES string of the molecule is CCN1CCN(c2nc(CCCNc3ccnc4cc(Cl)ccc34)c3ccccc3n2)CC1.CCN1CCN(c2nc(CCCNc3ccnc4cc(Cl)ccc34)c3ccccc3n2)CC1.CN1CCN(c2nc(CCCNc3ccnc4cc(Cl)ccc34)c3ccccc3n2)CC1.CN1CCN(c2nc(CCCNc3ccnc4cc(Cl)ccc34)c3ccccc3n2)CC1. The molecule has 0 spiro atoms. The first-order valence-corrected chi connectivity index (χ1v) is 47.2. The number of hydrogen-bond acceptors (Lipinski definition) is 24. The Kier molecular flexibility index (Phi) is 30.3. The van der Waals surface area contributed by atoms with Crippen molar-refractivity contribution in [3.05, 3.63) is 262 Å². The molecule has 12 heterocycles. The van der Waals surface area contributed by atoms with Crippen LogP contribution >= 0.6 is 46.4 Å². The number of anilines is 8. The van der Waals surface area contributed by atoms with E-state index in [1.807, 2.05) is 122 Å². The molecule has 16 aromatic rings. The van der Waals surface area contributed by atoms with Gasteiger partial charge >= 0.3 is 0 Å². The average Bonchev–Trinajstić information content (AvgIpc) is 0.798. The minimum absolute atomic E-state index is 0.703. The van der Waals surface area contributed by atoms with Crippen LogP contribution in [0.25, 0.3) is 87.2 Å². The highest BCUT2D eigenvalue weighted by molar-refractivity contribution is 6.32. The second-order valence-corrected chi connectivity index (χ2v) is 35.3. The van der Waals surface area contributed by atoms with E-state index in [1.165, 1.54) is 0 Å². The lowest BCUT2D eigenvalue weighted by Crippen LogP contribution is -2.46. The second kappa shape index (κ2) is 43.7. The Hall–Kier alpha value is -11.8. The van der Waals surface area contributed by atoms with Crippen molar-refractivity contribution in [1.82, 2.24) is 79.4 Å². The summed E-state index contributed by atoms with van der Waals surface area (Å²) in [5.74, 6) is 3.45. The standard InChI is InChI=1S/2C26H29ClN6.2C25H27ClN6/c2*1-2-32-14-16-33(17-15-32)26-30-23-7-4-3-6-20(23)24(31-26)8-5-12-28-22-11-13-29-25-18-19(27)9-10-21(22)25;2*1-31-13-15-32(16-14-31)25-29-22-6-3-2-5-19(22)23(30-25)7-4-11-27-21-10-12-28-24-17-18(26)8-9-20(21)24/h2*3-4,6-7,9-11,13,18H,2,5,8,12,14-17H2,1H3,(H,28,29);2*2-3,5-6,8-10,12,17H,4,7,11,13-16H2,1H3,(H,27,28). The Balaban J connectivity index is 0.000000121. The summed E-state index contributed by atoms with van der Waals surface area (Å²) in [7, 11) is 4.33. The van der Waals surface area contributed by atoms with Crippen LogP contribution in [0.4, 0.5) is 46.5 Å². The largest absolute Gasteiger partial charge is 0.384 e. The maximum Gasteiger partial charge on any atom is 0.226 e. The maximum atomic E-state index is 6.12. The number of benzene rings is 8. The first kappa shape index (κ1) is 90.1. The number of pyridine rings is 4. The molecule has 0 atom stereocenters. The summed E-state index contributed by atoms with van der Waals surface area (Å²) in [5.41, 5.74) is 16.5. The first-order chi connectivity index (χ1) is 63.8. The molecule has 4 saturated heterocycles. The number of aromatic nitrogens is 12. The van der Waals surface area contributed by atoms with Gasteiger partial charge in [0.05, 0.1) is 66.9 Å². The summed E-state index contributed by atoms with van der Waals surface area (Å²) in [4.78, 5) is 76.2. The number of halogens is 4. The molecule has 4 fully saturated rings. The molecule has 8 aromatic heterocycles. The number of aryl methyl sites for hydroxylation is 4. The van der Waals surface area contributed by atoms with Crippen LogP contribution in [0.3, 0.4) is 0 Å². The molecule has 130 heavy (non-hydrogen) atoms. The lowest BCUT2D eigenvalue weighted by molar-refractivity contribution is 0.270. The van der Waals surface area contributed by atoms with Crippen molar-refractivity contribution in [2.75, 3.05) is 199 Å². The number of nitrogens with one attached hydrogen (secondary N) is 4. The van der Waals surface area contributed by atoms with Crippen LogP contribution in [0.2, 0.25) is 20.1 Å². The number of piperazine rings is 4. The predicted octanol–water partition coefficient (Wildman–Crippen LogP) is 19.3. The quantitative estimate of drug-likeness (QED) is 0.0369. The zero-order chi connectivity index (χ0) is 89.1. The zero-order valence-electron chi connectivity index (χ0n) is 74.5. The summed E-state index contributed by atoms with van der Waals surface area (Å²) in [5, 5.41) is 26.0. The van der Waals surface area contributed by atoms with Gasteiger partial charge in [0.25, 0.3) is 0 Å². The van der Waals surface area contributed by atoms with Gasteiger partial charge in [0, 0.05) is 242 Å². The molecule has 20 rings (SSSR count). The molecule has 8 aromatic carbocycles. The lowest BCUT2D eigenvalue weighted by Gasteiger charge is -2.34. The number of nitrogens with zero attached hydrogens (tertiary/aromatic N) is 20. The average molecular weight is 1820 g/mol. The molecule has 4 N–H and O–H groups in total. The summed E-state index contributed by atoms with van der Waals surface area (Å²) in [6.45, 7) is 26.3. The van der Waals surface area contributed by atoms with Gasteiger partial charge in [-0.25, -0.2) is 39.9 Å². The van der Waals surface area contributed by atoms with Gasteiger partial charge in [-0.3, -0.25) is 19.9 Å². The van der Waals surface area contributed by atoms with Gasteiger partial charge in [0.15, 0.2) is 0 Å². The van der Waals surface area contributed by atoms with Crippen molar-refractivity contribution in [3.63, 3.8) is 0 Å². The Morgan fingerprint density at radius 1 is 0.254 bits per heavy atom. The molecule has 0 aliphatic carbocycles. The van der Waals surface area contributed by atoms with E-state index < -0.39 is 0 Å². The number of rotatable bonds is 26. The summed E-state index contributed by atoms with van der Waals surface area (Å²) in [6.07, 6.45) is 14.8. The normalized spacial score (nSPS) is 14.8. The highest BCUT2D eigenvalue weighted by atomic mass is 35.5. The van der Waals surface area contributed by atoms with Gasteiger partial charge in [-0.05, 0) is 200 Å². The second-order valence-electron chi connectivity index (χ2n) is 33.6. The molecule has 4 aliphatic heterocycles. The third kappa shape index (κ3) is 22.8. The van der Waals surface area contributed by atoms with Crippen LogP contribution in [0.1, 0.15) is 62.3 Å². The van der Waals surface area contributed by atoms with Crippen molar-refractivity contribution < 1.29 is 0 Å². The van der Waals surface area contributed by atoms with Crippen LogP contribution < -0.4 is 40.9 Å². The highest BCUT2D eigenvalue weighted by Gasteiger charge is 2.25. The van der Waals surface area contributed by atoms with Gasteiger partial charge in [-0.2, -0.15) is 0 Å². The zero-order valence-corrected chi connectivity index (χ0v) is 77.5. The van der Waals surface area contributed by atoms with E-state index in [1.54, 1.807) is 0 Å². The van der Waals surface area contributed by atoms with Gasteiger partial charge < -0.3 is 60.5 Å². The third-order valence-electron chi connectivity index (χ3n) is 24.9. The molecule has 0 saturated carbocycles. The number of likely N-dealkylation sites (N-methyl/N-ethyl adjacent to an activating group) is 4. The molecule has 24 nitrogen and oxygen atoms in total. The fourth-order valence-electron chi connectivity index (χ4n) is 17.4. The number of fused-ring (bicyclic) bond motifs is 8. The van der Waals surface area contributed by atoms with Crippen LogP contribution in [-0.4, -0.2) is 237 Å². The predicted molar refractivity (Wildman–Crippen MR) is 540 cm³/mol. The molecule has 0 amide bonds. The summed E-state index contributed by atoms with van der Waals surface area (Å²) >= 11 is 24.5. The van der Waals surface area contributed by atoms with Crippen LogP contribution in [0, 0.1) is 0 Å². The van der Waals surface area contributed by atoms with Crippen molar-refractivity contribution in [3.8, 4) is 0 Å². The van der Waals surface area contributed by atoms with E-state index in [4.69, 9.17) is 86.3 Å². The van der Waals surface area contributed by atoms with Crippen molar-refractivity contribution in [1.29, 1.82) is 0 Å². The molecular weight excluding hydrogens is 1700 g/mol. The molecule has 0 bridgehead atoms. The van der Waals surface area contributed by atoms with E-state index in [9.17, 15) is 0 Å². The van der Waals surface area contributed by atoms with Gasteiger partial charge in [-0.15, -0.1) is 0 Å². The van der Waals surface area contributed by atoms with E-state index in [-0.39, 0.29) is 0 Å².